The van der Waals surface area contributed by atoms with E-state index in [0.29, 0.717) is 31.3 Å². The topological polar surface area (TPSA) is 74.6 Å². The van der Waals surface area contributed by atoms with Gasteiger partial charge in [-0.25, -0.2) is 0 Å². The predicted molar refractivity (Wildman–Crippen MR) is 129 cm³/mol. The molecule has 33 heavy (non-hydrogen) atoms. The molecule has 0 unspecified atom stereocenters. The summed E-state index contributed by atoms with van der Waals surface area (Å²) in [4.78, 5) is 14.9. The van der Waals surface area contributed by atoms with E-state index in [1.807, 2.05) is 84.9 Å². The van der Waals surface area contributed by atoms with Gasteiger partial charge >= 0.3 is 0 Å². The van der Waals surface area contributed by atoms with Crippen LogP contribution >= 0.6 is 0 Å². The molecular weight excluding hydrogens is 414 g/mol. The number of benzene rings is 3. The van der Waals surface area contributed by atoms with Gasteiger partial charge in [-0.1, -0.05) is 42.5 Å². The second-order valence-electron chi connectivity index (χ2n) is 7.62. The summed E-state index contributed by atoms with van der Waals surface area (Å²) in [6.45, 7) is 3.57. The van der Waals surface area contributed by atoms with E-state index in [1.165, 1.54) is 0 Å². The van der Waals surface area contributed by atoms with Gasteiger partial charge < -0.3 is 19.7 Å². The third-order valence-corrected chi connectivity index (χ3v) is 5.28. The maximum Gasteiger partial charge on any atom is 0.266 e. The summed E-state index contributed by atoms with van der Waals surface area (Å²) in [6, 6.07) is 26.8. The molecule has 3 aromatic rings. The predicted octanol–water partition coefficient (Wildman–Crippen LogP) is 4.65. The fourth-order valence-electron chi connectivity index (χ4n) is 3.53. The average molecular weight is 440 g/mol. The molecule has 3 aromatic carbocycles. The van der Waals surface area contributed by atoms with Gasteiger partial charge in [0.1, 0.15) is 24.0 Å². The number of carbonyl (C=O) groups is 1. The molecule has 0 radical (unpaired) electrons. The van der Waals surface area contributed by atoms with Gasteiger partial charge in [-0.3, -0.25) is 4.79 Å². The number of nitrogens with zero attached hydrogens (tertiary/aromatic N) is 2. The SMILES string of the molecule is N#C/C(=C\c1cccc(OCc2ccccc2)c1)C(=O)Nc1ccc(N2CCOCC2)cc1. The number of morpholine rings is 1. The first-order chi connectivity index (χ1) is 16.2. The number of nitriles is 1. The Kier molecular flexibility index (Phi) is 7.36. The molecule has 4 rings (SSSR count). The molecule has 1 saturated heterocycles. The molecule has 6 nitrogen and oxygen atoms in total. The van der Waals surface area contributed by atoms with E-state index in [9.17, 15) is 10.1 Å². The first kappa shape index (κ1) is 22.1. The molecule has 1 aliphatic heterocycles. The Morgan fingerprint density at radius 2 is 1.79 bits per heavy atom. The van der Waals surface area contributed by atoms with E-state index >= 15 is 0 Å². The molecule has 1 N–H and O–H groups in total. The summed E-state index contributed by atoms with van der Waals surface area (Å²) in [5.41, 5.74) is 3.52. The molecule has 166 valence electrons. The Bertz CT molecular complexity index is 1150. The number of carbonyl (C=O) groups excluding carboxylic acids is 1. The molecule has 0 bridgehead atoms. The molecule has 0 saturated carbocycles. The highest BCUT2D eigenvalue weighted by atomic mass is 16.5. The van der Waals surface area contributed by atoms with Gasteiger partial charge in [0.15, 0.2) is 0 Å². The number of amides is 1. The maximum absolute atomic E-state index is 12.7. The standard InChI is InChI=1S/C27H25N3O3/c28-19-23(17-22-7-4-8-26(18-22)33-20-21-5-2-1-3-6-21)27(31)29-24-9-11-25(12-10-24)30-13-15-32-16-14-30/h1-12,17-18H,13-16,20H2,(H,29,31)/b23-17+. The van der Waals surface area contributed by atoms with Crippen molar-refractivity contribution in [3.05, 3.63) is 95.6 Å². The molecule has 1 heterocycles. The number of rotatable bonds is 7. The van der Waals surface area contributed by atoms with Gasteiger partial charge in [0, 0.05) is 24.5 Å². The van der Waals surface area contributed by atoms with Crippen LogP contribution in [0.5, 0.6) is 5.75 Å². The van der Waals surface area contributed by atoms with Gasteiger partial charge in [0.05, 0.1) is 13.2 Å². The molecular formula is C27H25N3O3. The van der Waals surface area contributed by atoms with Crippen molar-refractivity contribution in [3.63, 3.8) is 0 Å². The summed E-state index contributed by atoms with van der Waals surface area (Å²) in [7, 11) is 0. The molecule has 1 aliphatic rings. The highest BCUT2D eigenvalue weighted by Crippen LogP contribution is 2.21. The van der Waals surface area contributed by atoms with Crippen LogP contribution < -0.4 is 15.0 Å². The number of anilines is 2. The molecule has 0 aromatic heterocycles. The number of ether oxygens (including phenoxy) is 2. The number of hydrogen-bond donors (Lipinski definition) is 1. The Hall–Kier alpha value is -4.08. The molecule has 1 amide bonds. The van der Waals surface area contributed by atoms with Crippen LogP contribution in [0.25, 0.3) is 6.08 Å². The monoisotopic (exact) mass is 439 g/mol. The van der Waals surface area contributed by atoms with Gasteiger partial charge in [-0.15, -0.1) is 0 Å². The van der Waals surface area contributed by atoms with Gasteiger partial charge in [-0.2, -0.15) is 5.26 Å². The van der Waals surface area contributed by atoms with Crippen LogP contribution in [-0.4, -0.2) is 32.2 Å². The largest absolute Gasteiger partial charge is 0.489 e. The van der Waals surface area contributed by atoms with Crippen molar-refractivity contribution < 1.29 is 14.3 Å². The van der Waals surface area contributed by atoms with Crippen molar-refractivity contribution in [2.75, 3.05) is 36.5 Å². The third-order valence-electron chi connectivity index (χ3n) is 5.28. The van der Waals surface area contributed by atoms with Crippen molar-refractivity contribution in [3.8, 4) is 11.8 Å². The zero-order chi connectivity index (χ0) is 22.9. The first-order valence-corrected chi connectivity index (χ1v) is 10.8. The lowest BCUT2D eigenvalue weighted by Gasteiger charge is -2.28. The van der Waals surface area contributed by atoms with Gasteiger partial charge in [0.25, 0.3) is 5.91 Å². The minimum absolute atomic E-state index is 0.0208. The summed E-state index contributed by atoms with van der Waals surface area (Å²) in [6.07, 6.45) is 1.56. The minimum Gasteiger partial charge on any atom is -0.489 e. The smallest absolute Gasteiger partial charge is 0.266 e. The quantitative estimate of drug-likeness (QED) is 0.429. The van der Waals surface area contributed by atoms with Crippen molar-refractivity contribution >= 4 is 23.4 Å². The molecule has 0 atom stereocenters. The second-order valence-corrected chi connectivity index (χ2v) is 7.62. The Morgan fingerprint density at radius 3 is 2.52 bits per heavy atom. The van der Waals surface area contributed by atoms with E-state index in [2.05, 4.69) is 10.2 Å². The summed E-state index contributed by atoms with van der Waals surface area (Å²) in [5.74, 6) is 0.219. The van der Waals surface area contributed by atoms with Crippen LogP contribution in [0, 0.1) is 11.3 Å². The third kappa shape index (κ3) is 6.22. The lowest BCUT2D eigenvalue weighted by atomic mass is 10.1. The second kappa shape index (κ2) is 11.0. The number of nitrogens with one attached hydrogen (secondary N) is 1. The first-order valence-electron chi connectivity index (χ1n) is 10.8. The Labute approximate surface area is 193 Å². The number of hydrogen-bond acceptors (Lipinski definition) is 5. The van der Waals surface area contributed by atoms with Crippen LogP contribution in [0.1, 0.15) is 11.1 Å². The fraction of sp³-hybridized carbons (Fsp3) is 0.185. The summed E-state index contributed by atoms with van der Waals surface area (Å²) < 4.78 is 11.2. The summed E-state index contributed by atoms with van der Waals surface area (Å²) in [5, 5.41) is 12.3. The van der Waals surface area contributed by atoms with Crippen molar-refractivity contribution in [1.29, 1.82) is 5.26 Å². The van der Waals surface area contributed by atoms with Crippen LogP contribution in [0.3, 0.4) is 0 Å². The van der Waals surface area contributed by atoms with Crippen LogP contribution in [-0.2, 0) is 16.1 Å². The van der Waals surface area contributed by atoms with Gasteiger partial charge in [0.2, 0.25) is 0 Å². The highest BCUT2D eigenvalue weighted by molar-refractivity contribution is 6.09. The molecule has 1 fully saturated rings. The zero-order valence-corrected chi connectivity index (χ0v) is 18.2. The van der Waals surface area contributed by atoms with E-state index in [4.69, 9.17) is 9.47 Å². The lowest BCUT2D eigenvalue weighted by Crippen LogP contribution is -2.36. The highest BCUT2D eigenvalue weighted by Gasteiger charge is 2.13. The normalized spacial score (nSPS) is 13.8. The summed E-state index contributed by atoms with van der Waals surface area (Å²) >= 11 is 0. The zero-order valence-electron chi connectivity index (χ0n) is 18.2. The molecule has 6 heteroatoms. The van der Waals surface area contributed by atoms with Crippen LogP contribution in [0.15, 0.2) is 84.4 Å². The fourth-order valence-corrected chi connectivity index (χ4v) is 3.53. The minimum atomic E-state index is -0.452. The molecule has 0 spiro atoms. The van der Waals surface area contributed by atoms with Crippen molar-refractivity contribution in [2.24, 2.45) is 0 Å². The van der Waals surface area contributed by atoms with Crippen molar-refractivity contribution in [1.82, 2.24) is 0 Å². The van der Waals surface area contributed by atoms with E-state index in [-0.39, 0.29) is 5.57 Å². The Morgan fingerprint density at radius 1 is 1.03 bits per heavy atom. The van der Waals surface area contributed by atoms with Crippen LogP contribution in [0.2, 0.25) is 0 Å². The molecule has 0 aliphatic carbocycles. The Balaban J connectivity index is 1.39. The van der Waals surface area contributed by atoms with Crippen molar-refractivity contribution in [2.45, 2.75) is 6.61 Å². The van der Waals surface area contributed by atoms with Gasteiger partial charge in [-0.05, 0) is 53.6 Å². The van der Waals surface area contributed by atoms with E-state index in [1.54, 1.807) is 6.08 Å². The lowest BCUT2D eigenvalue weighted by molar-refractivity contribution is -0.112. The van der Waals surface area contributed by atoms with E-state index < -0.39 is 5.91 Å². The average Bonchev–Trinajstić information content (AvgIpc) is 2.88. The maximum atomic E-state index is 12.7. The van der Waals surface area contributed by atoms with Crippen LogP contribution in [0.4, 0.5) is 11.4 Å². The van der Waals surface area contributed by atoms with E-state index in [0.717, 1.165) is 29.9 Å².